The average molecular weight is 640 g/mol. The number of carbonyl (C=O) groups is 4. The summed E-state index contributed by atoms with van der Waals surface area (Å²) in [6, 6.07) is 0. The molecule has 0 spiro atoms. The van der Waals surface area contributed by atoms with Crippen molar-refractivity contribution in [3.05, 3.63) is 76.7 Å². The van der Waals surface area contributed by atoms with Gasteiger partial charge in [-0.15, -0.1) is 0 Å². The first kappa shape index (κ1) is 36.1. The number of fused-ring (bicyclic) bond motifs is 2. The van der Waals surface area contributed by atoms with E-state index in [1.165, 1.54) is 20.3 Å². The number of imidazole rings is 1. The summed E-state index contributed by atoms with van der Waals surface area (Å²) in [5, 5.41) is 17.0. The highest BCUT2D eigenvalue weighted by Crippen LogP contribution is 2.29. The molecule has 250 valence electrons. The van der Waals surface area contributed by atoms with Gasteiger partial charge in [0.15, 0.2) is 6.10 Å². The zero-order valence-corrected chi connectivity index (χ0v) is 27.4. The van der Waals surface area contributed by atoms with Gasteiger partial charge < -0.3 is 40.3 Å². The molecule has 46 heavy (non-hydrogen) atoms. The van der Waals surface area contributed by atoms with Crippen molar-refractivity contribution in [2.24, 2.45) is 24.6 Å². The average Bonchev–Trinajstić information content (AvgIpc) is 3.42. The van der Waals surface area contributed by atoms with Crippen LogP contribution in [0.25, 0.3) is 0 Å². The van der Waals surface area contributed by atoms with Crippen molar-refractivity contribution < 1.29 is 38.5 Å². The molecule has 0 radical (unpaired) electrons. The van der Waals surface area contributed by atoms with Gasteiger partial charge in [0, 0.05) is 50.6 Å². The monoisotopic (exact) mass is 639 g/mol. The summed E-state index contributed by atoms with van der Waals surface area (Å²) in [6.45, 7) is 7.24. The number of aromatic nitrogens is 2. The van der Waals surface area contributed by atoms with Crippen molar-refractivity contribution in [3.63, 3.8) is 0 Å². The number of amides is 2. The van der Waals surface area contributed by atoms with E-state index in [9.17, 15) is 24.3 Å². The minimum Gasteiger partial charge on any atom is -0.439 e. The SMILES string of the molecule is CO[C@H]1/C=C\C=C(/C)C(=O)NC2=CC(=O)C(NCc3cncn3C)=C(C[C@@H](C)C[C@H](OC)[C@H](O)[C@@H](C)/C=C(\C)[C@@H]1OC(N)=O)C2=O. The second kappa shape index (κ2) is 16.3. The molecule has 6 atom stereocenters. The largest absolute Gasteiger partial charge is 0.439 e. The van der Waals surface area contributed by atoms with Crippen LogP contribution in [0.15, 0.2) is 71.0 Å². The standard InChI is InChI=1S/C33H45N5O8/c1-18-11-23-28(36-16-22-15-35-17-38(22)5)25(39)14-24(30(23)41)37-32(42)19(2)9-8-10-26(44-6)31(46-33(34)43)21(4)13-20(3)29(40)27(12-18)45-7/h8-10,13-15,17-18,20,26-27,29,31,36,40H,11-12,16H2,1-7H3,(H2,34,43)(H,37,42)/b10-8-,19-9+,21-13+/t18-,20+,26+,27+,29-,31+/m1/s1. The number of carbonyl (C=O) groups excluding carboxylic acids is 4. The lowest BCUT2D eigenvalue weighted by Crippen LogP contribution is -2.37. The highest BCUT2D eigenvalue weighted by Gasteiger charge is 2.33. The maximum atomic E-state index is 13.8. The van der Waals surface area contributed by atoms with E-state index in [4.69, 9.17) is 19.9 Å². The number of rotatable bonds is 6. The van der Waals surface area contributed by atoms with Gasteiger partial charge >= 0.3 is 6.09 Å². The van der Waals surface area contributed by atoms with Gasteiger partial charge in [-0.05, 0) is 38.2 Å². The normalized spacial score (nSPS) is 30.0. The Balaban J connectivity index is 2.06. The summed E-state index contributed by atoms with van der Waals surface area (Å²) in [5.74, 6) is -2.20. The van der Waals surface area contributed by atoms with E-state index in [-0.39, 0.29) is 41.4 Å². The third-order valence-corrected chi connectivity index (χ3v) is 8.16. The number of aliphatic hydroxyl groups excluding tert-OH is 1. The van der Waals surface area contributed by atoms with Gasteiger partial charge in [-0.2, -0.15) is 0 Å². The summed E-state index contributed by atoms with van der Waals surface area (Å²) in [5.41, 5.74) is 7.21. The number of allylic oxidation sites excluding steroid dienone is 4. The first-order valence-electron chi connectivity index (χ1n) is 15.0. The molecule has 5 N–H and O–H groups in total. The van der Waals surface area contributed by atoms with Crippen molar-refractivity contribution in [2.45, 2.75) is 71.5 Å². The lowest BCUT2D eigenvalue weighted by Gasteiger charge is -2.30. The Bertz CT molecular complexity index is 1470. The minimum atomic E-state index is -1.00. The molecule has 1 aromatic rings. The van der Waals surface area contributed by atoms with Crippen LogP contribution < -0.4 is 16.4 Å². The van der Waals surface area contributed by atoms with E-state index in [0.29, 0.717) is 12.0 Å². The van der Waals surface area contributed by atoms with Crippen molar-refractivity contribution in [2.75, 3.05) is 14.2 Å². The van der Waals surface area contributed by atoms with Crippen LogP contribution in [0.2, 0.25) is 0 Å². The summed E-state index contributed by atoms with van der Waals surface area (Å²) in [6.07, 6.45) is 7.00. The molecule has 1 aliphatic carbocycles. The molecule has 1 aliphatic heterocycles. The van der Waals surface area contributed by atoms with Crippen molar-refractivity contribution >= 4 is 23.6 Å². The first-order chi connectivity index (χ1) is 21.8. The highest BCUT2D eigenvalue weighted by molar-refractivity contribution is 6.23. The maximum Gasteiger partial charge on any atom is 0.405 e. The highest BCUT2D eigenvalue weighted by atomic mass is 16.6. The summed E-state index contributed by atoms with van der Waals surface area (Å²) < 4.78 is 18.4. The maximum absolute atomic E-state index is 13.8. The molecular weight excluding hydrogens is 594 g/mol. The molecule has 13 heteroatoms. The molecule has 0 aromatic carbocycles. The number of aryl methyl sites for hydroxylation is 1. The number of hydrogen-bond donors (Lipinski definition) is 4. The van der Waals surface area contributed by atoms with Gasteiger partial charge in [0.1, 0.15) is 6.10 Å². The molecular formula is C33H45N5O8. The molecule has 2 heterocycles. The fourth-order valence-electron chi connectivity index (χ4n) is 5.51. The van der Waals surface area contributed by atoms with Gasteiger partial charge in [0.05, 0.1) is 42.2 Å². The van der Waals surface area contributed by atoms with Crippen LogP contribution in [-0.2, 0) is 42.2 Å². The van der Waals surface area contributed by atoms with Gasteiger partial charge in [-0.1, -0.05) is 38.2 Å². The molecule has 0 fully saturated rings. The van der Waals surface area contributed by atoms with E-state index >= 15 is 0 Å². The van der Waals surface area contributed by atoms with Gasteiger partial charge in [0.2, 0.25) is 11.6 Å². The second-order valence-corrected chi connectivity index (χ2v) is 11.8. The Labute approximate surface area is 269 Å². The topological polar surface area (TPSA) is 184 Å². The lowest BCUT2D eigenvalue weighted by molar-refractivity contribution is -0.120. The van der Waals surface area contributed by atoms with Crippen molar-refractivity contribution in [1.82, 2.24) is 20.2 Å². The number of primary amides is 1. The van der Waals surface area contributed by atoms with Crippen molar-refractivity contribution in [3.8, 4) is 0 Å². The van der Waals surface area contributed by atoms with E-state index in [2.05, 4.69) is 15.6 Å². The Morgan fingerprint density at radius 3 is 2.52 bits per heavy atom. The van der Waals surface area contributed by atoms with Crippen LogP contribution >= 0.6 is 0 Å². The zero-order valence-electron chi connectivity index (χ0n) is 27.4. The molecule has 1 aromatic heterocycles. The van der Waals surface area contributed by atoms with Crippen LogP contribution in [0.4, 0.5) is 4.79 Å². The number of aliphatic hydroxyl groups is 1. The van der Waals surface area contributed by atoms with Crippen molar-refractivity contribution in [1.29, 1.82) is 0 Å². The number of ketones is 2. The van der Waals surface area contributed by atoms with E-state index < -0.39 is 53.9 Å². The molecule has 13 nitrogen and oxygen atoms in total. The molecule has 3 rings (SSSR count). The van der Waals surface area contributed by atoms with E-state index in [1.54, 1.807) is 56.1 Å². The fraction of sp³-hybridized carbons (Fsp3) is 0.485. The van der Waals surface area contributed by atoms with Gasteiger partial charge in [0.25, 0.3) is 5.91 Å². The Kier molecular flexibility index (Phi) is 12.8. The number of nitrogens with one attached hydrogen (secondary N) is 2. The Hall–Kier alpha value is -4.33. The smallest absolute Gasteiger partial charge is 0.405 e. The summed E-state index contributed by atoms with van der Waals surface area (Å²) in [4.78, 5) is 56.2. The predicted octanol–water partition coefficient (Wildman–Crippen LogP) is 2.29. The molecule has 0 unspecified atom stereocenters. The predicted molar refractivity (Wildman–Crippen MR) is 170 cm³/mol. The molecule has 2 amide bonds. The van der Waals surface area contributed by atoms with Gasteiger partial charge in [-0.25, -0.2) is 9.78 Å². The van der Waals surface area contributed by atoms with E-state index in [1.807, 2.05) is 14.0 Å². The summed E-state index contributed by atoms with van der Waals surface area (Å²) in [7, 11) is 4.75. The van der Waals surface area contributed by atoms with Crippen LogP contribution in [0, 0.1) is 11.8 Å². The molecule has 0 saturated heterocycles. The lowest BCUT2D eigenvalue weighted by atomic mass is 9.85. The number of methoxy groups -OCH3 is 2. The third kappa shape index (κ3) is 9.12. The number of nitrogens with zero attached hydrogens (tertiary/aromatic N) is 2. The molecule has 2 bridgehead atoms. The number of nitrogens with two attached hydrogens (primary N) is 1. The third-order valence-electron chi connectivity index (χ3n) is 8.16. The first-order valence-corrected chi connectivity index (χ1v) is 15.0. The molecule has 0 saturated carbocycles. The van der Waals surface area contributed by atoms with Crippen LogP contribution in [0.5, 0.6) is 0 Å². The Morgan fingerprint density at radius 1 is 1.20 bits per heavy atom. The number of Topliss-reactive ketones (excluding diaryl/α,β-unsaturated/α-hetero) is 1. The second-order valence-electron chi connectivity index (χ2n) is 11.8. The number of ether oxygens (including phenoxy) is 3. The van der Waals surface area contributed by atoms with Gasteiger partial charge in [-0.3, -0.25) is 14.4 Å². The zero-order chi connectivity index (χ0) is 34.1. The van der Waals surface area contributed by atoms with E-state index in [0.717, 1.165) is 11.8 Å². The van der Waals surface area contributed by atoms with Crippen LogP contribution in [0.1, 0.15) is 46.2 Å². The quantitative estimate of drug-likeness (QED) is 0.266. The molecule has 2 aliphatic rings. The minimum absolute atomic E-state index is 0.139. The Morgan fingerprint density at radius 2 is 1.91 bits per heavy atom. The number of hydrogen-bond acceptors (Lipinski definition) is 10. The summed E-state index contributed by atoms with van der Waals surface area (Å²) >= 11 is 0. The van der Waals surface area contributed by atoms with Crippen LogP contribution in [0.3, 0.4) is 0 Å². The fourth-order valence-corrected chi connectivity index (χ4v) is 5.51. The van der Waals surface area contributed by atoms with Crippen LogP contribution in [-0.4, -0.2) is 76.9 Å².